The van der Waals surface area contributed by atoms with Gasteiger partial charge in [-0.1, -0.05) is 6.07 Å². The molecule has 0 radical (unpaired) electrons. The van der Waals surface area contributed by atoms with E-state index in [-0.39, 0.29) is 0 Å². The summed E-state index contributed by atoms with van der Waals surface area (Å²) in [6.45, 7) is 6.26. The van der Waals surface area contributed by atoms with E-state index in [1.54, 1.807) is 0 Å². The minimum atomic E-state index is 0.737. The summed E-state index contributed by atoms with van der Waals surface area (Å²) in [6.07, 6.45) is 2.49. The lowest BCUT2D eigenvalue weighted by atomic mass is 10.0. The molecule has 1 aromatic rings. The lowest BCUT2D eigenvalue weighted by Gasteiger charge is -2.40. The molecule has 2 heterocycles. The van der Waals surface area contributed by atoms with Gasteiger partial charge in [0.25, 0.3) is 0 Å². The number of hydrogen-bond donors (Lipinski definition) is 1. The molecule has 0 aromatic heterocycles. The van der Waals surface area contributed by atoms with Crippen molar-refractivity contribution < 1.29 is 4.74 Å². The summed E-state index contributed by atoms with van der Waals surface area (Å²) in [6, 6.07) is 8.96. The number of benzene rings is 1. The first-order valence-corrected chi connectivity index (χ1v) is 7.25. The minimum absolute atomic E-state index is 0.737. The van der Waals surface area contributed by atoms with E-state index in [0.717, 1.165) is 51.1 Å². The number of nitrogen functional groups attached to an aromatic ring is 1. The van der Waals surface area contributed by atoms with Gasteiger partial charge in [-0.25, -0.2) is 0 Å². The number of nitrogens with two attached hydrogens (primary N) is 1. The van der Waals surface area contributed by atoms with Crippen LogP contribution in [-0.4, -0.2) is 50.3 Å². The lowest BCUT2D eigenvalue weighted by molar-refractivity contribution is 0.0115. The summed E-state index contributed by atoms with van der Waals surface area (Å²) in [4.78, 5) is 5.05. The fourth-order valence-electron chi connectivity index (χ4n) is 3.15. The minimum Gasteiger partial charge on any atom is -0.399 e. The highest BCUT2D eigenvalue weighted by molar-refractivity contribution is 5.56. The van der Waals surface area contributed by atoms with Crippen LogP contribution in [0, 0.1) is 0 Å². The molecular weight excluding hydrogens is 238 g/mol. The highest BCUT2D eigenvalue weighted by atomic mass is 16.5. The van der Waals surface area contributed by atoms with Crippen molar-refractivity contribution in [3.63, 3.8) is 0 Å². The Balaban J connectivity index is 1.57. The van der Waals surface area contributed by atoms with Gasteiger partial charge in [0.05, 0.1) is 13.2 Å². The normalized spacial score (nSPS) is 22.6. The molecule has 2 N–H and O–H groups in total. The average Bonchev–Trinajstić information content (AvgIpc) is 2.48. The first-order valence-electron chi connectivity index (χ1n) is 7.25. The van der Waals surface area contributed by atoms with E-state index in [4.69, 9.17) is 10.5 Å². The zero-order valence-electron chi connectivity index (χ0n) is 11.4. The summed E-state index contributed by atoms with van der Waals surface area (Å²) in [7, 11) is 0. The third-order valence-corrected chi connectivity index (χ3v) is 4.26. The maximum absolute atomic E-state index is 5.86. The second-order valence-corrected chi connectivity index (χ2v) is 5.46. The molecule has 0 saturated carbocycles. The average molecular weight is 261 g/mol. The fourth-order valence-corrected chi connectivity index (χ4v) is 3.15. The molecule has 2 fully saturated rings. The molecule has 0 unspecified atom stereocenters. The Morgan fingerprint density at radius 1 is 1.05 bits per heavy atom. The standard InChI is InChI=1S/C15H23N3O/c16-13-2-1-3-15(12-13)17-6-4-14(5-7-17)18-8-10-19-11-9-18/h1-3,12,14H,4-11,16H2. The van der Waals surface area contributed by atoms with Gasteiger partial charge in [0.2, 0.25) is 0 Å². The molecule has 0 aliphatic carbocycles. The summed E-state index contributed by atoms with van der Waals surface area (Å²) in [5.74, 6) is 0. The van der Waals surface area contributed by atoms with E-state index >= 15 is 0 Å². The third kappa shape index (κ3) is 3.01. The maximum atomic E-state index is 5.86. The van der Waals surface area contributed by atoms with E-state index < -0.39 is 0 Å². The summed E-state index contributed by atoms with van der Waals surface area (Å²) >= 11 is 0. The van der Waals surface area contributed by atoms with Gasteiger partial charge in [-0.05, 0) is 31.0 Å². The van der Waals surface area contributed by atoms with Crippen molar-refractivity contribution >= 4 is 11.4 Å². The largest absolute Gasteiger partial charge is 0.399 e. The van der Waals surface area contributed by atoms with Crippen LogP contribution < -0.4 is 10.6 Å². The molecule has 0 atom stereocenters. The van der Waals surface area contributed by atoms with Gasteiger partial charge in [0.15, 0.2) is 0 Å². The van der Waals surface area contributed by atoms with Crippen LogP contribution in [0.1, 0.15) is 12.8 Å². The van der Waals surface area contributed by atoms with Crippen LogP contribution in [-0.2, 0) is 4.74 Å². The lowest BCUT2D eigenvalue weighted by Crippen LogP contribution is -2.49. The van der Waals surface area contributed by atoms with E-state index in [9.17, 15) is 0 Å². The van der Waals surface area contributed by atoms with Crippen molar-refractivity contribution in [2.24, 2.45) is 0 Å². The molecule has 104 valence electrons. The number of ether oxygens (including phenoxy) is 1. The monoisotopic (exact) mass is 261 g/mol. The molecule has 19 heavy (non-hydrogen) atoms. The molecule has 4 nitrogen and oxygen atoms in total. The molecule has 1 aromatic carbocycles. The van der Waals surface area contributed by atoms with Gasteiger partial charge in [-0.15, -0.1) is 0 Å². The van der Waals surface area contributed by atoms with Gasteiger partial charge in [-0.2, -0.15) is 0 Å². The quantitative estimate of drug-likeness (QED) is 0.821. The van der Waals surface area contributed by atoms with Crippen molar-refractivity contribution in [3.05, 3.63) is 24.3 Å². The van der Waals surface area contributed by atoms with Gasteiger partial charge in [0, 0.05) is 43.6 Å². The molecule has 2 saturated heterocycles. The van der Waals surface area contributed by atoms with Gasteiger partial charge < -0.3 is 15.4 Å². The second-order valence-electron chi connectivity index (χ2n) is 5.46. The fraction of sp³-hybridized carbons (Fsp3) is 0.600. The highest BCUT2D eigenvalue weighted by Gasteiger charge is 2.25. The van der Waals surface area contributed by atoms with Crippen molar-refractivity contribution in [1.29, 1.82) is 0 Å². The van der Waals surface area contributed by atoms with Crippen molar-refractivity contribution in [1.82, 2.24) is 4.90 Å². The van der Waals surface area contributed by atoms with Crippen molar-refractivity contribution in [2.45, 2.75) is 18.9 Å². The number of anilines is 2. The molecule has 2 aliphatic rings. The Hall–Kier alpha value is -1.26. The van der Waals surface area contributed by atoms with E-state index in [1.807, 2.05) is 12.1 Å². The van der Waals surface area contributed by atoms with Crippen LogP contribution in [0.15, 0.2) is 24.3 Å². The van der Waals surface area contributed by atoms with Gasteiger partial charge in [0.1, 0.15) is 0 Å². The number of morpholine rings is 1. The zero-order chi connectivity index (χ0) is 13.1. The third-order valence-electron chi connectivity index (χ3n) is 4.26. The predicted octanol–water partition coefficient (Wildman–Crippen LogP) is 1.57. The first-order chi connectivity index (χ1) is 9.33. The SMILES string of the molecule is Nc1cccc(N2CCC(N3CCOCC3)CC2)c1. The molecule has 0 spiro atoms. The predicted molar refractivity (Wildman–Crippen MR) is 78.5 cm³/mol. The van der Waals surface area contributed by atoms with E-state index in [0.29, 0.717) is 0 Å². The second kappa shape index (κ2) is 5.80. The van der Waals surface area contributed by atoms with Gasteiger partial charge >= 0.3 is 0 Å². The summed E-state index contributed by atoms with van der Waals surface area (Å²) in [5.41, 5.74) is 7.98. The van der Waals surface area contributed by atoms with Gasteiger partial charge in [-0.3, -0.25) is 4.90 Å². The van der Waals surface area contributed by atoms with E-state index in [2.05, 4.69) is 21.9 Å². The highest BCUT2D eigenvalue weighted by Crippen LogP contribution is 2.24. The number of rotatable bonds is 2. The molecule has 0 bridgehead atoms. The Kier molecular flexibility index (Phi) is 3.89. The molecule has 4 heteroatoms. The maximum Gasteiger partial charge on any atom is 0.0594 e. The number of hydrogen-bond acceptors (Lipinski definition) is 4. The molecule has 2 aliphatic heterocycles. The Labute approximate surface area is 115 Å². The van der Waals surface area contributed by atoms with Crippen LogP contribution in [0.2, 0.25) is 0 Å². The van der Waals surface area contributed by atoms with Crippen molar-refractivity contribution in [3.8, 4) is 0 Å². The first kappa shape index (κ1) is 12.8. The molecule has 0 amide bonds. The Bertz CT molecular complexity index is 410. The number of nitrogens with zero attached hydrogens (tertiary/aromatic N) is 2. The Morgan fingerprint density at radius 2 is 1.79 bits per heavy atom. The summed E-state index contributed by atoms with van der Waals surface area (Å²) < 4.78 is 5.43. The van der Waals surface area contributed by atoms with Crippen LogP contribution in [0.5, 0.6) is 0 Å². The van der Waals surface area contributed by atoms with E-state index in [1.165, 1.54) is 18.5 Å². The van der Waals surface area contributed by atoms with Crippen LogP contribution in [0.3, 0.4) is 0 Å². The van der Waals surface area contributed by atoms with Crippen LogP contribution in [0.4, 0.5) is 11.4 Å². The molecular formula is C15H23N3O. The topological polar surface area (TPSA) is 41.7 Å². The zero-order valence-corrected chi connectivity index (χ0v) is 11.4. The smallest absolute Gasteiger partial charge is 0.0594 e. The number of piperidine rings is 1. The molecule has 3 rings (SSSR count). The Morgan fingerprint density at radius 3 is 2.47 bits per heavy atom. The van der Waals surface area contributed by atoms with Crippen molar-refractivity contribution in [2.75, 3.05) is 50.0 Å². The van der Waals surface area contributed by atoms with Crippen LogP contribution in [0.25, 0.3) is 0 Å². The summed E-state index contributed by atoms with van der Waals surface area (Å²) in [5, 5.41) is 0. The van der Waals surface area contributed by atoms with Crippen LogP contribution >= 0.6 is 0 Å².